The van der Waals surface area contributed by atoms with Gasteiger partial charge in [0.15, 0.2) is 0 Å². The van der Waals surface area contributed by atoms with E-state index in [4.69, 9.17) is 16.3 Å². The first-order chi connectivity index (χ1) is 11.7. The zero-order valence-corrected chi connectivity index (χ0v) is 14.1. The van der Waals surface area contributed by atoms with E-state index in [1.54, 1.807) is 0 Å². The fourth-order valence-corrected chi connectivity index (χ4v) is 2.96. The van der Waals surface area contributed by atoms with Gasteiger partial charge in [0.25, 0.3) is 0 Å². The lowest BCUT2D eigenvalue weighted by atomic mass is 10.2. The molecule has 6 heteroatoms. The van der Waals surface area contributed by atoms with Gasteiger partial charge in [-0.25, -0.2) is 0 Å². The van der Waals surface area contributed by atoms with Gasteiger partial charge < -0.3 is 20.3 Å². The summed E-state index contributed by atoms with van der Waals surface area (Å²) < 4.78 is 5.40. The molecule has 0 radical (unpaired) electrons. The molecular formula is C18H20ClN3O2. The highest BCUT2D eigenvalue weighted by molar-refractivity contribution is 6.34. The molecule has 0 aromatic heterocycles. The van der Waals surface area contributed by atoms with Gasteiger partial charge in [0.05, 0.1) is 36.2 Å². The first-order valence-electron chi connectivity index (χ1n) is 7.94. The lowest BCUT2D eigenvalue weighted by molar-refractivity contribution is -0.114. The van der Waals surface area contributed by atoms with Gasteiger partial charge >= 0.3 is 0 Å². The van der Waals surface area contributed by atoms with Crippen LogP contribution in [0.25, 0.3) is 0 Å². The van der Waals surface area contributed by atoms with Gasteiger partial charge in [-0.3, -0.25) is 4.79 Å². The van der Waals surface area contributed by atoms with E-state index in [0.29, 0.717) is 18.2 Å². The van der Waals surface area contributed by atoms with Gasteiger partial charge in [-0.15, -0.1) is 0 Å². The molecule has 0 saturated carbocycles. The molecule has 5 nitrogen and oxygen atoms in total. The van der Waals surface area contributed by atoms with Crippen LogP contribution in [0.1, 0.15) is 0 Å². The van der Waals surface area contributed by atoms with Crippen molar-refractivity contribution in [3.63, 3.8) is 0 Å². The van der Waals surface area contributed by atoms with E-state index in [9.17, 15) is 4.79 Å². The van der Waals surface area contributed by atoms with Crippen LogP contribution in [0.3, 0.4) is 0 Å². The average molecular weight is 346 g/mol. The lowest BCUT2D eigenvalue weighted by Crippen LogP contribution is -2.37. The summed E-state index contributed by atoms with van der Waals surface area (Å²) in [5, 5.41) is 6.72. The molecule has 0 aliphatic carbocycles. The van der Waals surface area contributed by atoms with Crippen molar-refractivity contribution >= 4 is 34.6 Å². The maximum Gasteiger partial charge on any atom is 0.243 e. The third-order valence-electron chi connectivity index (χ3n) is 3.81. The van der Waals surface area contributed by atoms with Crippen LogP contribution in [-0.2, 0) is 9.53 Å². The van der Waals surface area contributed by atoms with Crippen LogP contribution in [0.15, 0.2) is 48.5 Å². The van der Waals surface area contributed by atoms with Gasteiger partial charge in [-0.1, -0.05) is 35.9 Å². The van der Waals surface area contributed by atoms with Gasteiger partial charge in [0.1, 0.15) is 0 Å². The first kappa shape index (κ1) is 16.6. The molecule has 24 heavy (non-hydrogen) atoms. The second-order valence-corrected chi connectivity index (χ2v) is 5.91. The molecule has 0 bridgehead atoms. The number of hydrogen-bond donors (Lipinski definition) is 2. The second kappa shape index (κ2) is 8.04. The number of morpholine rings is 1. The third kappa shape index (κ3) is 4.19. The normalized spacial score (nSPS) is 14.3. The summed E-state index contributed by atoms with van der Waals surface area (Å²) in [5.74, 6) is -0.103. The van der Waals surface area contributed by atoms with Crippen molar-refractivity contribution in [3.05, 3.63) is 53.6 Å². The number of nitrogens with one attached hydrogen (secondary N) is 2. The van der Waals surface area contributed by atoms with Crippen molar-refractivity contribution in [1.29, 1.82) is 0 Å². The molecule has 1 aliphatic rings. The van der Waals surface area contributed by atoms with Crippen LogP contribution < -0.4 is 15.5 Å². The Kier molecular flexibility index (Phi) is 5.56. The molecule has 0 spiro atoms. The first-order valence-corrected chi connectivity index (χ1v) is 8.32. The number of hydrogen-bond acceptors (Lipinski definition) is 4. The Balaban J connectivity index is 1.66. The van der Waals surface area contributed by atoms with Crippen molar-refractivity contribution in [2.24, 2.45) is 0 Å². The minimum Gasteiger partial charge on any atom is -0.378 e. The second-order valence-electron chi connectivity index (χ2n) is 5.50. The number of anilines is 3. The Hall–Kier alpha value is -2.24. The summed E-state index contributed by atoms with van der Waals surface area (Å²) in [5.41, 5.74) is 2.56. The smallest absolute Gasteiger partial charge is 0.243 e. The Morgan fingerprint density at radius 3 is 2.58 bits per heavy atom. The molecule has 1 amide bonds. The number of benzene rings is 2. The van der Waals surface area contributed by atoms with Crippen LogP contribution in [0.5, 0.6) is 0 Å². The van der Waals surface area contributed by atoms with Crippen molar-refractivity contribution in [3.8, 4) is 0 Å². The van der Waals surface area contributed by atoms with Crippen LogP contribution in [0.2, 0.25) is 5.02 Å². The maximum absolute atomic E-state index is 12.1. The van der Waals surface area contributed by atoms with Crippen molar-refractivity contribution in [1.82, 2.24) is 0 Å². The van der Waals surface area contributed by atoms with Crippen molar-refractivity contribution < 1.29 is 9.53 Å². The molecule has 1 fully saturated rings. The number of amides is 1. The molecule has 1 aliphatic heterocycles. The predicted octanol–water partition coefficient (Wildman–Crippen LogP) is 3.23. The van der Waals surface area contributed by atoms with E-state index in [-0.39, 0.29) is 12.5 Å². The topological polar surface area (TPSA) is 53.6 Å². The molecule has 2 aromatic rings. The number of carbonyl (C=O) groups excluding carboxylic acids is 1. The van der Waals surface area contributed by atoms with Crippen LogP contribution in [-0.4, -0.2) is 38.8 Å². The monoisotopic (exact) mass is 345 g/mol. The van der Waals surface area contributed by atoms with Crippen molar-refractivity contribution in [2.75, 3.05) is 48.4 Å². The molecule has 126 valence electrons. The number of halogens is 1. The quantitative estimate of drug-likeness (QED) is 0.873. The Morgan fingerprint density at radius 2 is 1.83 bits per heavy atom. The van der Waals surface area contributed by atoms with Gasteiger partial charge in [-0.05, 0) is 24.3 Å². The molecule has 3 rings (SSSR count). The number of rotatable bonds is 5. The Labute approximate surface area is 146 Å². The highest BCUT2D eigenvalue weighted by Crippen LogP contribution is 2.34. The van der Waals surface area contributed by atoms with Crippen LogP contribution in [0, 0.1) is 0 Å². The zero-order chi connectivity index (χ0) is 16.8. The van der Waals surface area contributed by atoms with E-state index in [0.717, 1.165) is 30.2 Å². The number of carbonyl (C=O) groups is 1. The molecule has 2 aromatic carbocycles. The minimum absolute atomic E-state index is 0.103. The predicted molar refractivity (Wildman–Crippen MR) is 98.0 cm³/mol. The fourth-order valence-electron chi connectivity index (χ4n) is 2.67. The highest BCUT2D eigenvalue weighted by atomic mass is 35.5. The number of para-hydroxylation sites is 2. The van der Waals surface area contributed by atoms with Gasteiger partial charge in [-0.2, -0.15) is 0 Å². The number of ether oxygens (including phenoxy) is 1. The van der Waals surface area contributed by atoms with Gasteiger partial charge in [0.2, 0.25) is 5.91 Å². The van der Waals surface area contributed by atoms with Crippen LogP contribution in [0.4, 0.5) is 17.1 Å². The lowest BCUT2D eigenvalue weighted by Gasteiger charge is -2.31. The minimum atomic E-state index is -0.103. The molecule has 0 unspecified atom stereocenters. The molecule has 1 saturated heterocycles. The summed E-state index contributed by atoms with van der Waals surface area (Å²) in [6, 6.07) is 15.1. The van der Waals surface area contributed by atoms with E-state index in [1.165, 1.54) is 0 Å². The Bertz CT molecular complexity index is 688. The summed E-state index contributed by atoms with van der Waals surface area (Å²) in [4.78, 5) is 14.3. The van der Waals surface area contributed by atoms with E-state index in [2.05, 4.69) is 15.5 Å². The van der Waals surface area contributed by atoms with E-state index >= 15 is 0 Å². The van der Waals surface area contributed by atoms with Gasteiger partial charge in [0, 0.05) is 18.8 Å². The SMILES string of the molecule is O=C(CNc1cccc(Cl)c1N1CCOCC1)Nc1ccccc1. The van der Waals surface area contributed by atoms with Crippen LogP contribution >= 0.6 is 11.6 Å². The molecule has 1 heterocycles. The van der Waals surface area contributed by atoms with E-state index in [1.807, 2.05) is 48.5 Å². The molecular weight excluding hydrogens is 326 g/mol. The standard InChI is InChI=1S/C18H20ClN3O2/c19-15-7-4-8-16(18(15)22-9-11-24-12-10-22)20-13-17(23)21-14-5-2-1-3-6-14/h1-8,20H,9-13H2,(H,21,23). The summed E-state index contributed by atoms with van der Waals surface area (Å²) >= 11 is 6.38. The van der Waals surface area contributed by atoms with E-state index < -0.39 is 0 Å². The molecule has 0 atom stereocenters. The zero-order valence-electron chi connectivity index (χ0n) is 13.3. The van der Waals surface area contributed by atoms with Crippen molar-refractivity contribution in [2.45, 2.75) is 0 Å². The summed E-state index contributed by atoms with van der Waals surface area (Å²) in [6.45, 7) is 3.11. The highest BCUT2D eigenvalue weighted by Gasteiger charge is 2.18. The molecule has 2 N–H and O–H groups in total. The summed E-state index contributed by atoms with van der Waals surface area (Å²) in [7, 11) is 0. The fraction of sp³-hybridized carbons (Fsp3) is 0.278. The Morgan fingerprint density at radius 1 is 1.08 bits per heavy atom. The number of nitrogens with zero attached hydrogens (tertiary/aromatic N) is 1. The summed E-state index contributed by atoms with van der Waals surface area (Å²) in [6.07, 6.45) is 0. The maximum atomic E-state index is 12.1. The largest absolute Gasteiger partial charge is 0.378 e. The third-order valence-corrected chi connectivity index (χ3v) is 4.12. The average Bonchev–Trinajstić information content (AvgIpc) is 2.61.